The number of aromatic hydroxyl groups is 1. The molecule has 0 amide bonds. The summed E-state index contributed by atoms with van der Waals surface area (Å²) in [7, 11) is 0. The molecule has 1 aliphatic rings. The minimum atomic E-state index is 0.311. The van der Waals surface area contributed by atoms with Crippen LogP contribution in [-0.2, 0) is 0 Å². The van der Waals surface area contributed by atoms with Gasteiger partial charge in [0.1, 0.15) is 5.75 Å². The van der Waals surface area contributed by atoms with Gasteiger partial charge in [0.2, 0.25) is 0 Å². The third-order valence-corrected chi connectivity index (χ3v) is 2.86. The molecular formula is C9H10BrNO. The monoisotopic (exact) mass is 227 g/mol. The quantitative estimate of drug-likeness (QED) is 0.768. The average molecular weight is 228 g/mol. The lowest BCUT2D eigenvalue weighted by Crippen LogP contribution is -2.39. The zero-order valence-electron chi connectivity index (χ0n) is 6.55. The normalized spacial score (nSPS) is 17.4. The molecule has 2 rings (SSSR count). The van der Waals surface area contributed by atoms with Crippen LogP contribution in [0.5, 0.6) is 5.75 Å². The molecule has 3 heteroatoms. The second-order valence-corrected chi connectivity index (χ2v) is 3.92. The molecule has 2 nitrogen and oxygen atoms in total. The zero-order valence-corrected chi connectivity index (χ0v) is 8.13. The highest BCUT2D eigenvalue weighted by atomic mass is 79.9. The van der Waals surface area contributed by atoms with Crippen molar-refractivity contribution in [3.63, 3.8) is 0 Å². The van der Waals surface area contributed by atoms with Crippen LogP contribution >= 0.6 is 15.9 Å². The topological polar surface area (TPSA) is 32.3 Å². The van der Waals surface area contributed by atoms with E-state index in [-0.39, 0.29) is 0 Å². The molecule has 0 atom stereocenters. The fourth-order valence-corrected chi connectivity index (χ4v) is 1.70. The van der Waals surface area contributed by atoms with Gasteiger partial charge in [-0.1, -0.05) is 6.07 Å². The van der Waals surface area contributed by atoms with E-state index in [1.807, 2.05) is 12.1 Å². The van der Waals surface area contributed by atoms with Gasteiger partial charge in [0.05, 0.1) is 4.47 Å². The first-order valence-electron chi connectivity index (χ1n) is 3.96. The third-order valence-electron chi connectivity index (χ3n) is 2.22. The van der Waals surface area contributed by atoms with Gasteiger partial charge in [-0.2, -0.15) is 0 Å². The molecule has 1 fully saturated rings. The van der Waals surface area contributed by atoms with Crippen molar-refractivity contribution in [1.82, 2.24) is 5.32 Å². The van der Waals surface area contributed by atoms with Crippen LogP contribution in [0.1, 0.15) is 11.5 Å². The van der Waals surface area contributed by atoms with Crippen LogP contribution < -0.4 is 5.32 Å². The molecule has 1 aliphatic heterocycles. The van der Waals surface area contributed by atoms with Crippen LogP contribution in [0.25, 0.3) is 0 Å². The summed E-state index contributed by atoms with van der Waals surface area (Å²) in [5.41, 5.74) is 1.29. The molecule has 12 heavy (non-hydrogen) atoms. The second kappa shape index (κ2) is 3.07. The Morgan fingerprint density at radius 3 is 2.67 bits per heavy atom. The Morgan fingerprint density at radius 1 is 1.42 bits per heavy atom. The molecule has 1 aromatic rings. The fraction of sp³-hybridized carbons (Fsp3) is 0.333. The Kier molecular flexibility index (Phi) is 2.07. The molecule has 1 heterocycles. The predicted molar refractivity (Wildman–Crippen MR) is 51.4 cm³/mol. The van der Waals surface area contributed by atoms with Gasteiger partial charge in [0.15, 0.2) is 0 Å². The first-order chi connectivity index (χ1) is 5.77. The standard InChI is InChI=1S/C9H10BrNO/c10-8-3-6(1-2-9(8)12)7-4-11-5-7/h1-3,7,11-12H,4-5H2. The van der Waals surface area contributed by atoms with Crippen LogP contribution in [-0.4, -0.2) is 18.2 Å². The summed E-state index contributed by atoms with van der Waals surface area (Å²) in [5.74, 6) is 0.938. The van der Waals surface area contributed by atoms with Crippen LogP contribution in [0.15, 0.2) is 22.7 Å². The van der Waals surface area contributed by atoms with E-state index in [0.717, 1.165) is 17.6 Å². The van der Waals surface area contributed by atoms with Gasteiger partial charge in [0, 0.05) is 19.0 Å². The Labute approximate surface area is 79.7 Å². The zero-order chi connectivity index (χ0) is 8.55. The van der Waals surface area contributed by atoms with E-state index in [1.54, 1.807) is 6.07 Å². The van der Waals surface area contributed by atoms with E-state index in [4.69, 9.17) is 0 Å². The van der Waals surface area contributed by atoms with Gasteiger partial charge in [-0.25, -0.2) is 0 Å². The van der Waals surface area contributed by atoms with Crippen molar-refractivity contribution in [2.24, 2.45) is 0 Å². The summed E-state index contributed by atoms with van der Waals surface area (Å²) in [6.07, 6.45) is 0. The van der Waals surface area contributed by atoms with E-state index in [9.17, 15) is 5.11 Å². The van der Waals surface area contributed by atoms with Crippen LogP contribution in [0.4, 0.5) is 0 Å². The van der Waals surface area contributed by atoms with Crippen LogP contribution in [0.3, 0.4) is 0 Å². The Bertz CT molecular complexity index is 297. The number of hydrogen-bond donors (Lipinski definition) is 2. The van der Waals surface area contributed by atoms with Gasteiger partial charge in [0.25, 0.3) is 0 Å². The first-order valence-corrected chi connectivity index (χ1v) is 4.76. The van der Waals surface area contributed by atoms with Gasteiger partial charge < -0.3 is 10.4 Å². The lowest BCUT2D eigenvalue weighted by molar-refractivity contribution is 0.445. The number of nitrogens with one attached hydrogen (secondary N) is 1. The molecule has 0 aliphatic carbocycles. The van der Waals surface area contributed by atoms with Crippen molar-refractivity contribution in [1.29, 1.82) is 0 Å². The predicted octanol–water partition coefficient (Wildman–Crippen LogP) is 1.84. The largest absolute Gasteiger partial charge is 0.507 e. The number of phenolic OH excluding ortho intramolecular Hbond substituents is 1. The third kappa shape index (κ3) is 1.34. The SMILES string of the molecule is Oc1ccc(C2CNC2)cc1Br. The van der Waals surface area contributed by atoms with E-state index < -0.39 is 0 Å². The van der Waals surface area contributed by atoms with Gasteiger partial charge in [-0.05, 0) is 33.6 Å². The average Bonchev–Trinajstić information content (AvgIpc) is 1.93. The van der Waals surface area contributed by atoms with Gasteiger partial charge in [-0.15, -0.1) is 0 Å². The number of benzene rings is 1. The summed E-state index contributed by atoms with van der Waals surface area (Å²) >= 11 is 3.30. The summed E-state index contributed by atoms with van der Waals surface area (Å²) < 4.78 is 0.784. The van der Waals surface area contributed by atoms with Gasteiger partial charge in [-0.3, -0.25) is 0 Å². The molecule has 0 spiro atoms. The van der Waals surface area contributed by atoms with Gasteiger partial charge >= 0.3 is 0 Å². The smallest absolute Gasteiger partial charge is 0.129 e. The number of rotatable bonds is 1. The number of hydrogen-bond acceptors (Lipinski definition) is 2. The molecule has 2 N–H and O–H groups in total. The molecule has 64 valence electrons. The van der Waals surface area contributed by atoms with Crippen molar-refractivity contribution in [2.75, 3.05) is 13.1 Å². The van der Waals surface area contributed by atoms with Crippen LogP contribution in [0, 0.1) is 0 Å². The second-order valence-electron chi connectivity index (χ2n) is 3.07. The fourth-order valence-electron chi connectivity index (χ4n) is 1.30. The molecule has 0 aromatic heterocycles. The van der Waals surface area contributed by atoms with Crippen molar-refractivity contribution in [2.45, 2.75) is 5.92 Å². The number of phenols is 1. The maximum absolute atomic E-state index is 9.25. The van der Waals surface area contributed by atoms with Crippen molar-refractivity contribution < 1.29 is 5.11 Å². The van der Waals surface area contributed by atoms with Crippen molar-refractivity contribution in [3.8, 4) is 5.75 Å². The molecule has 0 bridgehead atoms. The highest BCUT2D eigenvalue weighted by Crippen LogP contribution is 2.29. The lowest BCUT2D eigenvalue weighted by Gasteiger charge is -2.27. The van der Waals surface area contributed by atoms with Crippen molar-refractivity contribution in [3.05, 3.63) is 28.2 Å². The van der Waals surface area contributed by atoms with E-state index >= 15 is 0 Å². The summed E-state index contributed by atoms with van der Waals surface area (Å²) in [6, 6.07) is 5.70. The maximum atomic E-state index is 9.25. The minimum Gasteiger partial charge on any atom is -0.507 e. The molecule has 0 saturated carbocycles. The summed E-state index contributed by atoms with van der Waals surface area (Å²) in [6.45, 7) is 2.11. The number of halogens is 1. The van der Waals surface area contributed by atoms with Crippen LogP contribution in [0.2, 0.25) is 0 Å². The Hall–Kier alpha value is -0.540. The molecule has 1 aromatic carbocycles. The van der Waals surface area contributed by atoms with E-state index in [0.29, 0.717) is 11.7 Å². The molecular weight excluding hydrogens is 218 g/mol. The molecule has 0 unspecified atom stereocenters. The van der Waals surface area contributed by atoms with Crippen molar-refractivity contribution >= 4 is 15.9 Å². The van der Waals surface area contributed by atoms with E-state index in [2.05, 4.69) is 21.2 Å². The van der Waals surface area contributed by atoms with E-state index in [1.165, 1.54) is 5.56 Å². The molecule has 1 saturated heterocycles. The highest BCUT2D eigenvalue weighted by molar-refractivity contribution is 9.10. The minimum absolute atomic E-state index is 0.311. The highest BCUT2D eigenvalue weighted by Gasteiger charge is 2.19. The first kappa shape index (κ1) is 8.08. The molecule has 0 radical (unpaired) electrons. The maximum Gasteiger partial charge on any atom is 0.129 e. The summed E-state index contributed by atoms with van der Waals surface area (Å²) in [5, 5.41) is 12.5. The Morgan fingerprint density at radius 2 is 2.17 bits per heavy atom. The summed E-state index contributed by atoms with van der Waals surface area (Å²) in [4.78, 5) is 0. The lowest BCUT2D eigenvalue weighted by atomic mass is 9.94. The Balaban J connectivity index is 2.27.